The van der Waals surface area contributed by atoms with Gasteiger partial charge in [0.2, 0.25) is 0 Å². The summed E-state index contributed by atoms with van der Waals surface area (Å²) in [6.07, 6.45) is -0.630. The van der Waals surface area contributed by atoms with Gasteiger partial charge in [-0.25, -0.2) is 0 Å². The van der Waals surface area contributed by atoms with Crippen molar-refractivity contribution in [2.24, 2.45) is 0 Å². The van der Waals surface area contributed by atoms with Gasteiger partial charge in [0, 0.05) is 4.99 Å². The molecule has 0 radical (unpaired) electrons. The molecule has 2 atom stereocenters. The van der Waals surface area contributed by atoms with E-state index >= 15 is 0 Å². The summed E-state index contributed by atoms with van der Waals surface area (Å²) in [6.45, 7) is 6.60. The molecule has 0 bridgehead atoms. The molecule has 0 fully saturated rings. The molecule has 0 aromatic heterocycles. The number of nitrogens with one attached hydrogen (secondary N) is 2. The van der Waals surface area contributed by atoms with E-state index in [9.17, 15) is 10.4 Å². The monoisotopic (exact) mass is 196 g/mol. The Kier molecular flexibility index (Phi) is 6.08. The maximum absolute atomic E-state index is 10.8. The Bertz CT molecular complexity index is 132. The Morgan fingerprint density at radius 1 is 0.923 bits per heavy atom. The van der Waals surface area contributed by atoms with Crippen LogP contribution in [0.3, 0.4) is 0 Å². The van der Waals surface area contributed by atoms with Crippen LogP contribution in [0.4, 0.5) is 0 Å². The van der Waals surface area contributed by atoms with Gasteiger partial charge in [0.15, 0.2) is 0 Å². The Labute approximate surface area is 76.7 Å². The fourth-order valence-electron chi connectivity index (χ4n) is 0.436. The molecule has 0 saturated carbocycles. The van der Waals surface area contributed by atoms with Gasteiger partial charge in [0.25, 0.3) is 0 Å². The summed E-state index contributed by atoms with van der Waals surface area (Å²) in [5, 5.41) is 19.4. The number of hydrogen-bond acceptors (Lipinski definition) is 5. The molecular weight excluding hydrogens is 180 g/mol. The highest BCUT2D eigenvalue weighted by molar-refractivity contribution is 4.25. The zero-order valence-corrected chi connectivity index (χ0v) is 8.20. The predicted octanol–water partition coefficient (Wildman–Crippen LogP) is -1.72. The van der Waals surface area contributed by atoms with Gasteiger partial charge in [-0.3, -0.25) is 0 Å². The van der Waals surface area contributed by atoms with Gasteiger partial charge in [-0.05, 0) is 38.4 Å². The van der Waals surface area contributed by atoms with Gasteiger partial charge < -0.3 is 10.4 Å². The summed E-state index contributed by atoms with van der Waals surface area (Å²) >= 11 is 0. The Balaban J connectivity index is 3.62. The van der Waals surface area contributed by atoms with Crippen LogP contribution in [0.2, 0.25) is 0 Å². The minimum absolute atomic E-state index is 0.282. The van der Waals surface area contributed by atoms with Gasteiger partial charge >= 0.3 is 0 Å². The SMILES string of the molecule is CC(C)OO[NH+]([O-])[NH+]([O-])OC(C)C. The highest BCUT2D eigenvalue weighted by Gasteiger charge is 2.11. The second kappa shape index (κ2) is 6.22. The van der Waals surface area contributed by atoms with Crippen LogP contribution >= 0.6 is 0 Å². The molecule has 0 saturated heterocycles. The van der Waals surface area contributed by atoms with Crippen molar-refractivity contribution in [3.05, 3.63) is 10.4 Å². The number of quaternary nitrogens is 2. The van der Waals surface area contributed by atoms with E-state index in [1.165, 1.54) is 0 Å². The quantitative estimate of drug-likeness (QED) is 0.390. The number of rotatable bonds is 6. The third-order valence-corrected chi connectivity index (χ3v) is 0.826. The number of hydrogen-bond donors (Lipinski definition) is 2. The van der Waals surface area contributed by atoms with Gasteiger partial charge in [-0.2, -0.15) is 4.89 Å². The molecule has 0 aromatic rings. The molecule has 0 aliphatic carbocycles. The maximum atomic E-state index is 10.8. The predicted molar refractivity (Wildman–Crippen MR) is 42.2 cm³/mol. The normalized spacial score (nSPS) is 16.6. The topological polar surface area (TPSA) is 82.7 Å². The molecule has 0 aliphatic heterocycles. The Morgan fingerprint density at radius 3 is 1.85 bits per heavy atom. The molecule has 0 aromatic carbocycles. The second-order valence-corrected chi connectivity index (χ2v) is 2.97. The minimum Gasteiger partial charge on any atom is -0.546 e. The van der Waals surface area contributed by atoms with E-state index in [1.807, 2.05) is 0 Å². The van der Waals surface area contributed by atoms with Crippen molar-refractivity contribution < 1.29 is 25.4 Å². The van der Waals surface area contributed by atoms with Crippen LogP contribution in [0.15, 0.2) is 0 Å². The first kappa shape index (κ1) is 12.7. The zero-order chi connectivity index (χ0) is 10.4. The molecule has 7 heteroatoms. The average Bonchev–Trinajstić information content (AvgIpc) is 1.98. The molecule has 0 heterocycles. The van der Waals surface area contributed by atoms with Gasteiger partial charge in [0.05, 0.1) is 6.10 Å². The molecule has 0 rings (SSSR count). The first-order chi connectivity index (χ1) is 5.93. The lowest BCUT2D eigenvalue weighted by molar-refractivity contribution is -1.62. The summed E-state index contributed by atoms with van der Waals surface area (Å²) in [4.78, 5) is 13.2. The van der Waals surface area contributed by atoms with E-state index in [2.05, 4.69) is 14.7 Å². The lowest BCUT2D eigenvalue weighted by atomic mass is 10.5. The average molecular weight is 196 g/mol. The molecule has 80 valence electrons. The second-order valence-electron chi connectivity index (χ2n) is 2.97. The molecule has 13 heavy (non-hydrogen) atoms. The maximum Gasteiger partial charge on any atom is 0.118 e. The van der Waals surface area contributed by atoms with Crippen LogP contribution in [0.1, 0.15) is 27.7 Å². The van der Waals surface area contributed by atoms with E-state index in [1.54, 1.807) is 27.7 Å². The van der Waals surface area contributed by atoms with Crippen LogP contribution in [0.25, 0.3) is 0 Å². The van der Waals surface area contributed by atoms with Gasteiger partial charge in [0.1, 0.15) is 6.10 Å². The van der Waals surface area contributed by atoms with E-state index in [-0.39, 0.29) is 12.2 Å². The third-order valence-electron chi connectivity index (χ3n) is 0.826. The largest absolute Gasteiger partial charge is 0.546 e. The first-order valence-electron chi connectivity index (χ1n) is 4.01. The smallest absolute Gasteiger partial charge is 0.118 e. The van der Waals surface area contributed by atoms with Gasteiger partial charge in [-0.1, -0.05) is 0 Å². The third kappa shape index (κ3) is 6.84. The van der Waals surface area contributed by atoms with Crippen LogP contribution < -0.4 is 10.7 Å². The molecule has 2 N–H and O–H groups in total. The van der Waals surface area contributed by atoms with E-state index in [4.69, 9.17) is 0 Å². The Morgan fingerprint density at radius 2 is 1.46 bits per heavy atom. The van der Waals surface area contributed by atoms with Crippen molar-refractivity contribution >= 4 is 0 Å². The van der Waals surface area contributed by atoms with Crippen molar-refractivity contribution in [3.63, 3.8) is 0 Å². The fourth-order valence-corrected chi connectivity index (χ4v) is 0.436. The van der Waals surface area contributed by atoms with Crippen molar-refractivity contribution in [1.29, 1.82) is 0 Å². The molecule has 0 aliphatic rings. The standard InChI is InChI=1S/C6H16N2O5/c1-5(2)11-7(9)8(10)13-12-6(3)4/h5-8H,1-4H3. The van der Waals surface area contributed by atoms with Crippen molar-refractivity contribution in [2.75, 3.05) is 0 Å². The lowest BCUT2D eigenvalue weighted by Crippen LogP contribution is -3.55. The summed E-state index contributed by atoms with van der Waals surface area (Å²) in [7, 11) is 0. The molecule has 7 nitrogen and oxygen atoms in total. The molecule has 2 unspecified atom stereocenters. The van der Waals surface area contributed by atoms with Crippen molar-refractivity contribution in [3.8, 4) is 0 Å². The van der Waals surface area contributed by atoms with E-state index in [0.717, 1.165) is 0 Å². The van der Waals surface area contributed by atoms with Crippen LogP contribution in [-0.2, 0) is 14.7 Å². The highest BCUT2D eigenvalue weighted by atomic mass is 17.4. The lowest BCUT2D eigenvalue weighted by Gasteiger charge is -2.27. The Hall–Kier alpha value is -0.280. The molecule has 0 spiro atoms. The highest BCUT2D eigenvalue weighted by Crippen LogP contribution is 1.82. The molecular formula is C6H16N2O5. The summed E-state index contributed by atoms with van der Waals surface area (Å²) in [5.74, 6) is 0. The van der Waals surface area contributed by atoms with E-state index in [0.29, 0.717) is 0 Å². The van der Waals surface area contributed by atoms with Gasteiger partial charge in [-0.15, -0.1) is 4.84 Å². The van der Waals surface area contributed by atoms with Crippen LogP contribution in [0, 0.1) is 10.4 Å². The summed E-state index contributed by atoms with van der Waals surface area (Å²) in [5.41, 5.74) is 0. The van der Waals surface area contributed by atoms with Crippen molar-refractivity contribution in [2.45, 2.75) is 39.9 Å². The fraction of sp³-hybridized carbons (Fsp3) is 1.00. The minimum atomic E-state index is -1.14. The summed E-state index contributed by atoms with van der Waals surface area (Å²) in [6, 6.07) is 0. The van der Waals surface area contributed by atoms with Crippen molar-refractivity contribution in [1.82, 2.24) is 0 Å². The van der Waals surface area contributed by atoms with Crippen LogP contribution in [-0.4, -0.2) is 12.2 Å². The van der Waals surface area contributed by atoms with E-state index < -0.39 is 10.7 Å². The summed E-state index contributed by atoms with van der Waals surface area (Å²) < 4.78 is 0. The first-order valence-corrected chi connectivity index (χ1v) is 4.01. The van der Waals surface area contributed by atoms with Crippen LogP contribution in [0.5, 0.6) is 0 Å². The molecule has 0 amide bonds. The zero-order valence-electron chi connectivity index (χ0n) is 8.20.